The second-order valence-corrected chi connectivity index (χ2v) is 6.59. The summed E-state index contributed by atoms with van der Waals surface area (Å²) in [4.78, 5) is 20.5. The van der Waals surface area contributed by atoms with Gasteiger partial charge in [-0.3, -0.25) is 9.18 Å². The van der Waals surface area contributed by atoms with E-state index in [1.807, 2.05) is 24.5 Å². The zero-order valence-corrected chi connectivity index (χ0v) is 13.2. The van der Waals surface area contributed by atoms with E-state index in [1.54, 1.807) is 0 Å². The molecule has 122 valence electrons. The van der Waals surface area contributed by atoms with Gasteiger partial charge in [-0.15, -0.1) is 0 Å². The number of halogens is 1. The minimum Gasteiger partial charge on any atom is -0.339 e. The van der Waals surface area contributed by atoms with Crippen LogP contribution in [0.1, 0.15) is 25.0 Å². The van der Waals surface area contributed by atoms with Gasteiger partial charge in [0.2, 0.25) is 5.91 Å². The lowest BCUT2D eigenvalue weighted by Crippen LogP contribution is -2.46. The highest BCUT2D eigenvalue weighted by atomic mass is 19.1. The SMILES string of the molecule is Cn1cncc1CCN1CCC(N2CC(CF)CC2=O)CC1. The first-order valence-corrected chi connectivity index (χ1v) is 8.20. The van der Waals surface area contributed by atoms with Gasteiger partial charge in [0.05, 0.1) is 13.0 Å². The van der Waals surface area contributed by atoms with Crippen molar-refractivity contribution in [3.05, 3.63) is 18.2 Å². The summed E-state index contributed by atoms with van der Waals surface area (Å²) >= 11 is 0. The van der Waals surface area contributed by atoms with E-state index in [1.165, 1.54) is 5.69 Å². The number of imidazole rings is 1. The number of carbonyl (C=O) groups is 1. The second kappa shape index (κ2) is 6.77. The Morgan fingerprint density at radius 2 is 2.14 bits per heavy atom. The normalized spacial score (nSPS) is 24.4. The number of likely N-dealkylation sites (tertiary alicyclic amines) is 2. The van der Waals surface area contributed by atoms with Crippen molar-refractivity contribution in [1.82, 2.24) is 19.4 Å². The van der Waals surface area contributed by atoms with Crippen LogP contribution in [-0.4, -0.2) is 64.2 Å². The molecule has 2 aliphatic heterocycles. The molecule has 1 amide bonds. The van der Waals surface area contributed by atoms with Crippen LogP contribution in [0.4, 0.5) is 4.39 Å². The van der Waals surface area contributed by atoms with E-state index in [2.05, 4.69) is 14.5 Å². The van der Waals surface area contributed by atoms with Crippen LogP contribution >= 0.6 is 0 Å². The van der Waals surface area contributed by atoms with Crippen molar-refractivity contribution in [3.63, 3.8) is 0 Å². The van der Waals surface area contributed by atoms with Crippen molar-refractivity contribution in [3.8, 4) is 0 Å². The van der Waals surface area contributed by atoms with E-state index in [9.17, 15) is 9.18 Å². The number of aryl methyl sites for hydroxylation is 1. The Hall–Kier alpha value is -1.43. The molecule has 0 aromatic carbocycles. The van der Waals surface area contributed by atoms with Gasteiger partial charge in [-0.05, 0) is 12.8 Å². The molecule has 0 bridgehead atoms. The quantitative estimate of drug-likeness (QED) is 0.822. The maximum Gasteiger partial charge on any atom is 0.223 e. The minimum atomic E-state index is -0.369. The van der Waals surface area contributed by atoms with Crippen LogP contribution in [0.3, 0.4) is 0 Å². The third-order valence-electron chi connectivity index (χ3n) is 5.06. The molecular weight excluding hydrogens is 283 g/mol. The molecule has 0 radical (unpaired) electrons. The smallest absolute Gasteiger partial charge is 0.223 e. The van der Waals surface area contributed by atoms with E-state index < -0.39 is 0 Å². The summed E-state index contributed by atoms with van der Waals surface area (Å²) in [6.07, 6.45) is 7.19. The lowest BCUT2D eigenvalue weighted by atomic mass is 10.0. The number of hydrogen-bond donors (Lipinski definition) is 0. The topological polar surface area (TPSA) is 41.4 Å². The molecule has 1 atom stereocenters. The zero-order chi connectivity index (χ0) is 15.5. The molecule has 2 aliphatic rings. The summed E-state index contributed by atoms with van der Waals surface area (Å²) < 4.78 is 14.8. The van der Waals surface area contributed by atoms with Crippen LogP contribution in [0.15, 0.2) is 12.5 Å². The summed E-state index contributed by atoms with van der Waals surface area (Å²) in [6.45, 7) is 3.33. The molecule has 6 heteroatoms. The van der Waals surface area contributed by atoms with Crippen LogP contribution < -0.4 is 0 Å². The number of nitrogens with zero attached hydrogens (tertiary/aromatic N) is 4. The second-order valence-electron chi connectivity index (χ2n) is 6.59. The molecule has 1 aromatic heterocycles. The van der Waals surface area contributed by atoms with Crippen LogP contribution in [-0.2, 0) is 18.3 Å². The number of carbonyl (C=O) groups excluding carboxylic acids is 1. The number of hydrogen-bond acceptors (Lipinski definition) is 3. The summed E-state index contributed by atoms with van der Waals surface area (Å²) in [6, 6.07) is 0.317. The Kier molecular flexibility index (Phi) is 4.76. The lowest BCUT2D eigenvalue weighted by Gasteiger charge is -2.36. The van der Waals surface area contributed by atoms with E-state index in [4.69, 9.17) is 0 Å². The van der Waals surface area contributed by atoms with Gasteiger partial charge in [-0.1, -0.05) is 0 Å². The standard InChI is InChI=1S/C16H25FN4O/c1-19-12-18-10-15(19)4-7-20-5-2-14(3-6-20)21-11-13(9-17)8-16(21)22/h10,12-14H,2-9,11H2,1H3. The van der Waals surface area contributed by atoms with Crippen LogP contribution in [0.25, 0.3) is 0 Å². The third kappa shape index (κ3) is 3.32. The zero-order valence-electron chi connectivity index (χ0n) is 13.2. The summed E-state index contributed by atoms with van der Waals surface area (Å²) in [5.41, 5.74) is 1.25. The molecular formula is C16H25FN4O. The Morgan fingerprint density at radius 3 is 2.73 bits per heavy atom. The van der Waals surface area contributed by atoms with Crippen molar-refractivity contribution >= 4 is 5.91 Å². The van der Waals surface area contributed by atoms with E-state index in [0.29, 0.717) is 19.0 Å². The highest BCUT2D eigenvalue weighted by molar-refractivity contribution is 5.79. The number of alkyl halides is 1. The van der Waals surface area contributed by atoms with Gasteiger partial charge in [0.1, 0.15) is 0 Å². The highest BCUT2D eigenvalue weighted by Crippen LogP contribution is 2.25. The van der Waals surface area contributed by atoms with Crippen LogP contribution in [0.5, 0.6) is 0 Å². The molecule has 22 heavy (non-hydrogen) atoms. The fourth-order valence-corrected chi connectivity index (χ4v) is 3.62. The van der Waals surface area contributed by atoms with Gasteiger partial charge in [-0.2, -0.15) is 0 Å². The fourth-order valence-electron chi connectivity index (χ4n) is 3.62. The van der Waals surface area contributed by atoms with Crippen LogP contribution in [0.2, 0.25) is 0 Å². The maximum absolute atomic E-state index is 12.7. The first-order chi connectivity index (χ1) is 10.7. The summed E-state index contributed by atoms with van der Waals surface area (Å²) in [7, 11) is 2.02. The Balaban J connectivity index is 1.44. The molecule has 2 fully saturated rings. The predicted molar refractivity (Wildman–Crippen MR) is 82.2 cm³/mol. The molecule has 0 N–H and O–H groups in total. The Morgan fingerprint density at radius 1 is 1.36 bits per heavy atom. The number of amides is 1. The van der Waals surface area contributed by atoms with Gasteiger partial charge in [0.25, 0.3) is 0 Å². The first kappa shape index (κ1) is 15.5. The molecule has 1 aromatic rings. The Labute approximate surface area is 131 Å². The van der Waals surface area contributed by atoms with Crippen molar-refractivity contribution in [2.75, 3.05) is 32.9 Å². The highest BCUT2D eigenvalue weighted by Gasteiger charge is 2.35. The Bertz CT molecular complexity index is 510. The van der Waals surface area contributed by atoms with Gasteiger partial charge >= 0.3 is 0 Å². The molecule has 5 nitrogen and oxygen atoms in total. The van der Waals surface area contributed by atoms with Gasteiger partial charge in [0.15, 0.2) is 0 Å². The summed E-state index contributed by atoms with van der Waals surface area (Å²) in [5.74, 6) is 0.0753. The molecule has 0 saturated carbocycles. The van der Waals surface area contributed by atoms with Crippen molar-refractivity contribution in [2.45, 2.75) is 31.7 Å². The maximum atomic E-state index is 12.7. The van der Waals surface area contributed by atoms with Gasteiger partial charge < -0.3 is 14.4 Å². The molecule has 3 heterocycles. The minimum absolute atomic E-state index is 0.0737. The van der Waals surface area contributed by atoms with Gasteiger partial charge in [0, 0.05) is 69.9 Å². The lowest BCUT2D eigenvalue weighted by molar-refractivity contribution is -0.130. The van der Waals surface area contributed by atoms with E-state index in [0.717, 1.165) is 38.9 Å². The average Bonchev–Trinajstić information content (AvgIpc) is 3.11. The largest absolute Gasteiger partial charge is 0.339 e. The first-order valence-electron chi connectivity index (χ1n) is 8.20. The van der Waals surface area contributed by atoms with E-state index in [-0.39, 0.29) is 18.5 Å². The van der Waals surface area contributed by atoms with E-state index >= 15 is 0 Å². The molecule has 3 rings (SSSR count). The van der Waals surface area contributed by atoms with Gasteiger partial charge in [-0.25, -0.2) is 4.98 Å². The summed E-state index contributed by atoms with van der Waals surface area (Å²) in [5, 5.41) is 0. The molecule has 2 saturated heterocycles. The molecule has 0 aliphatic carbocycles. The van der Waals surface area contributed by atoms with Crippen molar-refractivity contribution < 1.29 is 9.18 Å². The number of rotatable bonds is 5. The fraction of sp³-hybridized carbons (Fsp3) is 0.750. The predicted octanol–water partition coefficient (Wildman–Crippen LogP) is 1.24. The van der Waals surface area contributed by atoms with Crippen molar-refractivity contribution in [1.29, 1.82) is 0 Å². The number of piperidine rings is 1. The number of aromatic nitrogens is 2. The van der Waals surface area contributed by atoms with Crippen molar-refractivity contribution in [2.24, 2.45) is 13.0 Å². The van der Waals surface area contributed by atoms with Crippen LogP contribution in [0, 0.1) is 5.92 Å². The average molecular weight is 308 g/mol. The molecule has 0 spiro atoms. The monoisotopic (exact) mass is 308 g/mol. The third-order valence-corrected chi connectivity index (χ3v) is 5.06. The molecule has 1 unspecified atom stereocenters.